The Morgan fingerprint density at radius 3 is 2.89 bits per heavy atom. The van der Waals surface area contributed by atoms with Crippen LogP contribution >= 0.6 is 0 Å². The van der Waals surface area contributed by atoms with E-state index in [1.165, 1.54) is 0 Å². The van der Waals surface area contributed by atoms with Crippen molar-refractivity contribution in [1.82, 2.24) is 0 Å². The van der Waals surface area contributed by atoms with Crippen molar-refractivity contribution in [3.63, 3.8) is 0 Å². The highest BCUT2D eigenvalue weighted by atomic mass is 16.5. The fourth-order valence-corrected chi connectivity index (χ4v) is 2.54. The molecule has 1 heterocycles. The van der Waals surface area contributed by atoms with Gasteiger partial charge in [-0.1, -0.05) is 18.2 Å². The SMILES string of the molecule is COc1ccccc1C(C)(O)CCC1CCCO1. The second-order valence-corrected chi connectivity index (χ2v) is 5.15. The van der Waals surface area contributed by atoms with Crippen LogP contribution < -0.4 is 4.74 Å². The minimum atomic E-state index is -0.863. The first-order valence-electron chi connectivity index (χ1n) is 6.61. The highest BCUT2D eigenvalue weighted by molar-refractivity contribution is 5.37. The summed E-state index contributed by atoms with van der Waals surface area (Å²) in [5, 5.41) is 10.6. The van der Waals surface area contributed by atoms with Gasteiger partial charge in [0.15, 0.2) is 0 Å². The summed E-state index contributed by atoms with van der Waals surface area (Å²) >= 11 is 0. The van der Waals surface area contributed by atoms with Crippen LogP contribution in [-0.4, -0.2) is 24.9 Å². The molecule has 2 rings (SSSR count). The minimum absolute atomic E-state index is 0.311. The Balaban J connectivity index is 2.04. The molecule has 0 radical (unpaired) electrons. The second kappa shape index (κ2) is 5.72. The molecule has 100 valence electrons. The number of hydrogen-bond acceptors (Lipinski definition) is 3. The van der Waals surface area contributed by atoms with Crippen molar-refractivity contribution in [2.75, 3.05) is 13.7 Å². The van der Waals surface area contributed by atoms with E-state index in [0.29, 0.717) is 12.5 Å². The predicted octanol–water partition coefficient (Wildman–Crippen LogP) is 2.86. The van der Waals surface area contributed by atoms with Gasteiger partial charge in [0, 0.05) is 12.2 Å². The van der Waals surface area contributed by atoms with Gasteiger partial charge in [0.25, 0.3) is 0 Å². The van der Waals surface area contributed by atoms with E-state index in [4.69, 9.17) is 9.47 Å². The molecule has 0 bridgehead atoms. The Bertz CT molecular complexity index is 381. The largest absolute Gasteiger partial charge is 0.496 e. The van der Waals surface area contributed by atoms with E-state index in [1.807, 2.05) is 31.2 Å². The van der Waals surface area contributed by atoms with Crippen molar-refractivity contribution >= 4 is 0 Å². The first-order chi connectivity index (χ1) is 8.63. The Morgan fingerprint density at radius 2 is 2.22 bits per heavy atom. The van der Waals surface area contributed by atoms with Crippen LogP contribution in [0.4, 0.5) is 0 Å². The summed E-state index contributed by atoms with van der Waals surface area (Å²) in [4.78, 5) is 0. The first kappa shape index (κ1) is 13.4. The molecule has 3 heteroatoms. The molecule has 1 aliphatic heterocycles. The molecule has 3 nitrogen and oxygen atoms in total. The number of para-hydroxylation sites is 1. The lowest BCUT2D eigenvalue weighted by Crippen LogP contribution is -2.24. The van der Waals surface area contributed by atoms with Gasteiger partial charge in [0.2, 0.25) is 0 Å². The van der Waals surface area contributed by atoms with Gasteiger partial charge >= 0.3 is 0 Å². The number of rotatable bonds is 5. The third-order valence-corrected chi connectivity index (χ3v) is 3.66. The fraction of sp³-hybridized carbons (Fsp3) is 0.600. The Labute approximate surface area is 109 Å². The van der Waals surface area contributed by atoms with Crippen molar-refractivity contribution in [3.05, 3.63) is 29.8 Å². The van der Waals surface area contributed by atoms with Gasteiger partial charge in [-0.3, -0.25) is 0 Å². The van der Waals surface area contributed by atoms with Crippen molar-refractivity contribution in [2.24, 2.45) is 0 Å². The smallest absolute Gasteiger partial charge is 0.124 e. The zero-order chi connectivity index (χ0) is 13.0. The summed E-state index contributed by atoms with van der Waals surface area (Å²) in [5.74, 6) is 0.745. The Hall–Kier alpha value is -1.06. The van der Waals surface area contributed by atoms with E-state index in [1.54, 1.807) is 7.11 Å². The van der Waals surface area contributed by atoms with Gasteiger partial charge in [-0.25, -0.2) is 0 Å². The molecule has 1 aliphatic rings. The van der Waals surface area contributed by atoms with Crippen LogP contribution in [0.25, 0.3) is 0 Å². The number of benzene rings is 1. The van der Waals surface area contributed by atoms with E-state index in [-0.39, 0.29) is 0 Å². The monoisotopic (exact) mass is 250 g/mol. The summed E-state index contributed by atoms with van der Waals surface area (Å²) in [6.07, 6.45) is 4.15. The van der Waals surface area contributed by atoms with Crippen LogP contribution in [-0.2, 0) is 10.3 Å². The minimum Gasteiger partial charge on any atom is -0.496 e. The number of methoxy groups -OCH3 is 1. The van der Waals surface area contributed by atoms with Gasteiger partial charge in [-0.05, 0) is 38.7 Å². The Morgan fingerprint density at radius 1 is 1.44 bits per heavy atom. The van der Waals surface area contributed by atoms with Crippen LogP contribution in [0.3, 0.4) is 0 Å². The lowest BCUT2D eigenvalue weighted by molar-refractivity contribution is 0.0203. The molecular weight excluding hydrogens is 228 g/mol. The third kappa shape index (κ3) is 3.03. The maximum absolute atomic E-state index is 10.6. The van der Waals surface area contributed by atoms with Crippen molar-refractivity contribution in [1.29, 1.82) is 0 Å². The predicted molar refractivity (Wildman–Crippen MR) is 70.8 cm³/mol. The highest BCUT2D eigenvalue weighted by Crippen LogP contribution is 2.34. The zero-order valence-corrected chi connectivity index (χ0v) is 11.2. The lowest BCUT2D eigenvalue weighted by atomic mass is 9.89. The molecule has 1 saturated heterocycles. The van der Waals surface area contributed by atoms with Crippen molar-refractivity contribution < 1.29 is 14.6 Å². The summed E-state index contributed by atoms with van der Waals surface area (Å²) in [6, 6.07) is 7.65. The molecule has 0 aliphatic carbocycles. The van der Waals surface area contributed by atoms with Gasteiger partial charge in [-0.2, -0.15) is 0 Å². The van der Waals surface area contributed by atoms with E-state index in [0.717, 1.165) is 37.2 Å². The molecule has 1 fully saturated rings. The molecule has 2 unspecified atom stereocenters. The molecule has 0 amide bonds. The van der Waals surface area contributed by atoms with E-state index in [9.17, 15) is 5.11 Å². The maximum atomic E-state index is 10.6. The number of hydrogen-bond donors (Lipinski definition) is 1. The molecule has 18 heavy (non-hydrogen) atoms. The molecule has 1 aromatic carbocycles. The van der Waals surface area contributed by atoms with E-state index in [2.05, 4.69) is 0 Å². The van der Waals surface area contributed by atoms with E-state index < -0.39 is 5.60 Å². The molecule has 2 atom stereocenters. The van der Waals surface area contributed by atoms with Gasteiger partial charge in [0.05, 0.1) is 18.8 Å². The number of ether oxygens (including phenoxy) is 2. The average molecular weight is 250 g/mol. The van der Waals surface area contributed by atoms with Crippen LogP contribution in [0.2, 0.25) is 0 Å². The van der Waals surface area contributed by atoms with Gasteiger partial charge < -0.3 is 14.6 Å². The van der Waals surface area contributed by atoms with E-state index >= 15 is 0 Å². The summed E-state index contributed by atoms with van der Waals surface area (Å²) in [5.41, 5.74) is -0.0102. The first-order valence-corrected chi connectivity index (χ1v) is 6.61. The van der Waals surface area contributed by atoms with Crippen molar-refractivity contribution in [2.45, 2.75) is 44.3 Å². The summed E-state index contributed by atoms with van der Waals surface area (Å²) in [6.45, 7) is 2.71. The third-order valence-electron chi connectivity index (χ3n) is 3.66. The topological polar surface area (TPSA) is 38.7 Å². The second-order valence-electron chi connectivity index (χ2n) is 5.15. The van der Waals surface area contributed by atoms with Gasteiger partial charge in [-0.15, -0.1) is 0 Å². The molecule has 0 saturated carbocycles. The normalized spacial score (nSPS) is 22.7. The summed E-state index contributed by atoms with van der Waals surface area (Å²) < 4.78 is 10.9. The van der Waals surface area contributed by atoms with Crippen LogP contribution in [0.1, 0.15) is 38.2 Å². The van der Waals surface area contributed by atoms with Crippen LogP contribution in [0.5, 0.6) is 5.75 Å². The average Bonchev–Trinajstić information content (AvgIpc) is 2.89. The lowest BCUT2D eigenvalue weighted by Gasteiger charge is -2.26. The Kier molecular flexibility index (Phi) is 4.25. The quantitative estimate of drug-likeness (QED) is 0.873. The standard InChI is InChI=1S/C15H22O3/c1-15(16,10-9-12-6-5-11-18-12)13-7-3-4-8-14(13)17-2/h3-4,7-8,12,16H,5-6,9-11H2,1-2H3. The summed E-state index contributed by atoms with van der Waals surface area (Å²) in [7, 11) is 1.63. The van der Waals surface area contributed by atoms with Crippen LogP contribution in [0, 0.1) is 0 Å². The fourth-order valence-electron chi connectivity index (χ4n) is 2.54. The zero-order valence-electron chi connectivity index (χ0n) is 11.2. The molecule has 1 N–H and O–H groups in total. The highest BCUT2D eigenvalue weighted by Gasteiger charge is 2.28. The van der Waals surface area contributed by atoms with Crippen molar-refractivity contribution in [3.8, 4) is 5.75 Å². The van der Waals surface area contributed by atoms with Gasteiger partial charge in [0.1, 0.15) is 5.75 Å². The molecule has 0 aromatic heterocycles. The maximum Gasteiger partial charge on any atom is 0.124 e. The number of aliphatic hydroxyl groups is 1. The molecule has 1 aromatic rings. The van der Waals surface area contributed by atoms with Crippen LogP contribution in [0.15, 0.2) is 24.3 Å². The molecular formula is C15H22O3. The molecule has 0 spiro atoms.